The van der Waals surface area contributed by atoms with Crippen LogP contribution >= 0.6 is 0 Å². The number of benzene rings is 1. The first kappa shape index (κ1) is 18.8. The highest BCUT2D eigenvalue weighted by atomic mass is 16.5. The molecule has 160 valence electrons. The van der Waals surface area contributed by atoms with Crippen molar-refractivity contribution in [1.82, 2.24) is 19.6 Å². The largest absolute Gasteiger partial charge is 0.507 e. The molecule has 0 spiro atoms. The Morgan fingerprint density at radius 2 is 2.00 bits per heavy atom. The van der Waals surface area contributed by atoms with Crippen molar-refractivity contribution in [3.8, 4) is 23.0 Å². The summed E-state index contributed by atoms with van der Waals surface area (Å²) in [4.78, 5) is 22.5. The van der Waals surface area contributed by atoms with Gasteiger partial charge < -0.3 is 14.3 Å². The molecule has 0 radical (unpaired) electrons. The van der Waals surface area contributed by atoms with Crippen LogP contribution in [0.5, 0.6) is 11.6 Å². The third kappa shape index (κ3) is 2.76. The van der Waals surface area contributed by atoms with Crippen molar-refractivity contribution in [2.24, 2.45) is 5.41 Å². The van der Waals surface area contributed by atoms with Gasteiger partial charge in [0.25, 0.3) is 0 Å². The lowest BCUT2D eigenvalue weighted by atomic mass is 9.71. The quantitative estimate of drug-likeness (QED) is 0.509. The molecule has 1 aromatic carbocycles. The second kappa shape index (κ2) is 6.53. The van der Waals surface area contributed by atoms with Crippen LogP contribution in [0.3, 0.4) is 0 Å². The topological polar surface area (TPSA) is 103 Å². The number of hydrogen-bond acceptors (Lipinski definition) is 7. The second-order valence-corrected chi connectivity index (χ2v) is 9.01. The SMILES string of the molecule is CC1(C)CC(=O)C2=C(C1)Oc1ncn3nc(-c4ccccc4O)nc3c1[C@@H]2c1ccco1. The predicted octanol–water partition coefficient (Wildman–Crippen LogP) is 4.26. The maximum absolute atomic E-state index is 13.3. The molecular formula is C24H20N4O4. The third-order valence-electron chi connectivity index (χ3n) is 6.04. The fourth-order valence-electron chi connectivity index (χ4n) is 4.66. The zero-order valence-electron chi connectivity index (χ0n) is 17.6. The second-order valence-electron chi connectivity index (χ2n) is 9.01. The Labute approximate surface area is 183 Å². The summed E-state index contributed by atoms with van der Waals surface area (Å²) in [5.74, 6) is 1.62. The van der Waals surface area contributed by atoms with Crippen LogP contribution in [0.2, 0.25) is 0 Å². The fourth-order valence-corrected chi connectivity index (χ4v) is 4.66. The molecule has 8 heteroatoms. The number of ether oxygens (including phenoxy) is 1. The number of carbonyl (C=O) groups is 1. The van der Waals surface area contributed by atoms with Gasteiger partial charge in [-0.3, -0.25) is 4.79 Å². The van der Waals surface area contributed by atoms with Gasteiger partial charge in [-0.15, -0.1) is 5.10 Å². The average molecular weight is 428 g/mol. The van der Waals surface area contributed by atoms with E-state index < -0.39 is 5.92 Å². The molecule has 3 aromatic heterocycles. The molecule has 1 N–H and O–H groups in total. The Balaban J connectivity index is 1.60. The van der Waals surface area contributed by atoms with Gasteiger partial charge in [0, 0.05) is 18.4 Å². The molecular weight excluding hydrogens is 408 g/mol. The van der Waals surface area contributed by atoms with Crippen LogP contribution in [0.1, 0.15) is 43.9 Å². The first-order chi connectivity index (χ1) is 15.4. The Hall–Kier alpha value is -3.94. The van der Waals surface area contributed by atoms with Crippen LogP contribution in [-0.4, -0.2) is 30.5 Å². The third-order valence-corrected chi connectivity index (χ3v) is 6.04. The Morgan fingerprint density at radius 1 is 1.16 bits per heavy atom. The monoisotopic (exact) mass is 428 g/mol. The highest BCUT2D eigenvalue weighted by Gasteiger charge is 2.45. The van der Waals surface area contributed by atoms with E-state index in [1.165, 1.54) is 6.33 Å². The van der Waals surface area contributed by atoms with Crippen molar-refractivity contribution >= 4 is 11.4 Å². The van der Waals surface area contributed by atoms with Crippen LogP contribution in [0.4, 0.5) is 0 Å². The zero-order valence-corrected chi connectivity index (χ0v) is 17.6. The molecule has 0 amide bonds. The summed E-state index contributed by atoms with van der Waals surface area (Å²) >= 11 is 0. The predicted molar refractivity (Wildman–Crippen MR) is 114 cm³/mol. The maximum atomic E-state index is 13.3. The van der Waals surface area contributed by atoms with Crippen LogP contribution in [0, 0.1) is 5.41 Å². The number of ketones is 1. The normalized spacial score (nSPS) is 19.6. The number of nitrogens with zero attached hydrogens (tertiary/aromatic N) is 4. The lowest BCUT2D eigenvalue weighted by Gasteiger charge is -2.36. The summed E-state index contributed by atoms with van der Waals surface area (Å²) in [5, 5.41) is 14.8. The summed E-state index contributed by atoms with van der Waals surface area (Å²) < 4.78 is 13.5. The lowest BCUT2D eigenvalue weighted by molar-refractivity contribution is -0.118. The number of para-hydroxylation sites is 1. The van der Waals surface area contributed by atoms with Gasteiger partial charge in [0.05, 0.1) is 23.3 Å². The van der Waals surface area contributed by atoms with Crippen molar-refractivity contribution in [2.45, 2.75) is 32.6 Å². The molecule has 0 bridgehead atoms. The maximum Gasteiger partial charge on any atom is 0.228 e. The van der Waals surface area contributed by atoms with Crippen LogP contribution in [0.15, 0.2) is 64.7 Å². The van der Waals surface area contributed by atoms with Gasteiger partial charge in [0.1, 0.15) is 23.6 Å². The molecule has 0 saturated heterocycles. The number of allylic oxidation sites excluding steroid dienone is 2. The highest BCUT2D eigenvalue weighted by molar-refractivity contribution is 6.00. The van der Waals surface area contributed by atoms with E-state index in [2.05, 4.69) is 23.9 Å². The highest BCUT2D eigenvalue weighted by Crippen LogP contribution is 2.50. The van der Waals surface area contributed by atoms with Gasteiger partial charge >= 0.3 is 0 Å². The average Bonchev–Trinajstić information content (AvgIpc) is 3.41. The van der Waals surface area contributed by atoms with Crippen molar-refractivity contribution in [2.75, 3.05) is 0 Å². The van der Waals surface area contributed by atoms with Crippen molar-refractivity contribution < 1.29 is 19.1 Å². The Morgan fingerprint density at radius 3 is 2.78 bits per heavy atom. The molecule has 32 heavy (non-hydrogen) atoms. The van der Waals surface area contributed by atoms with E-state index in [0.717, 1.165) is 0 Å². The Kier molecular flexibility index (Phi) is 3.83. The minimum Gasteiger partial charge on any atom is -0.507 e. The van der Waals surface area contributed by atoms with Gasteiger partial charge in [0.2, 0.25) is 5.88 Å². The number of rotatable bonds is 2. The van der Waals surface area contributed by atoms with E-state index in [-0.39, 0.29) is 16.9 Å². The standard InChI is InChI=1S/C24H20N4O4/c1-24(2)10-15(30)18-17(11-24)32-23-20(19(18)16-8-5-9-31-16)22-26-21(27-28(22)12-25-23)13-6-3-4-7-14(13)29/h3-9,12,19,29H,10-11H2,1-2H3/t19-/m1/s1. The number of Topliss-reactive ketones (excluding diaryl/α,β-unsaturated/α-hetero) is 1. The van der Waals surface area contributed by atoms with Gasteiger partial charge in [0.15, 0.2) is 17.3 Å². The van der Waals surface area contributed by atoms with E-state index in [4.69, 9.17) is 14.1 Å². The van der Waals surface area contributed by atoms with Crippen molar-refractivity contribution in [3.05, 3.63) is 71.6 Å². The number of carbonyl (C=O) groups excluding carboxylic acids is 1. The number of phenolic OH excluding ortho intramolecular Hbond substituents is 1. The number of aromatic hydroxyl groups is 1. The number of furan rings is 1. The van der Waals surface area contributed by atoms with E-state index in [1.54, 1.807) is 35.0 Å². The first-order valence-corrected chi connectivity index (χ1v) is 10.4. The lowest BCUT2D eigenvalue weighted by Crippen LogP contribution is -2.33. The van der Waals surface area contributed by atoms with Gasteiger partial charge in [-0.05, 0) is 29.7 Å². The van der Waals surface area contributed by atoms with E-state index in [0.29, 0.717) is 58.4 Å². The Bertz CT molecular complexity index is 1420. The molecule has 0 saturated carbocycles. The molecule has 0 fully saturated rings. The molecule has 2 aliphatic rings. The van der Waals surface area contributed by atoms with E-state index in [1.807, 2.05) is 12.1 Å². The van der Waals surface area contributed by atoms with Crippen LogP contribution in [0.25, 0.3) is 17.0 Å². The number of phenols is 1. The number of aromatic nitrogens is 4. The molecule has 4 heterocycles. The molecule has 6 rings (SSSR count). The molecule has 1 aliphatic heterocycles. The van der Waals surface area contributed by atoms with Gasteiger partial charge in [-0.25, -0.2) is 14.5 Å². The summed E-state index contributed by atoms with van der Waals surface area (Å²) in [6.07, 6.45) is 4.18. The minimum absolute atomic E-state index is 0.0331. The van der Waals surface area contributed by atoms with Crippen LogP contribution in [-0.2, 0) is 4.79 Å². The first-order valence-electron chi connectivity index (χ1n) is 10.4. The fraction of sp³-hybridized carbons (Fsp3) is 0.250. The summed E-state index contributed by atoms with van der Waals surface area (Å²) in [5.41, 5.74) is 2.03. The summed E-state index contributed by atoms with van der Waals surface area (Å²) in [6.45, 7) is 4.12. The molecule has 0 unspecified atom stereocenters. The number of fused-ring (bicyclic) bond motifs is 3. The summed E-state index contributed by atoms with van der Waals surface area (Å²) in [6, 6.07) is 10.5. The molecule has 1 aliphatic carbocycles. The summed E-state index contributed by atoms with van der Waals surface area (Å²) in [7, 11) is 0. The molecule has 8 nitrogen and oxygen atoms in total. The smallest absolute Gasteiger partial charge is 0.228 e. The number of hydrogen-bond donors (Lipinski definition) is 1. The van der Waals surface area contributed by atoms with Crippen molar-refractivity contribution in [1.29, 1.82) is 0 Å². The van der Waals surface area contributed by atoms with E-state index >= 15 is 0 Å². The van der Waals surface area contributed by atoms with Crippen molar-refractivity contribution in [3.63, 3.8) is 0 Å². The van der Waals surface area contributed by atoms with Crippen LogP contribution < -0.4 is 4.74 Å². The molecule has 4 aromatic rings. The van der Waals surface area contributed by atoms with Gasteiger partial charge in [-0.1, -0.05) is 26.0 Å². The van der Waals surface area contributed by atoms with E-state index in [9.17, 15) is 9.90 Å². The minimum atomic E-state index is -0.495. The zero-order chi connectivity index (χ0) is 22.0. The molecule has 1 atom stereocenters. The van der Waals surface area contributed by atoms with Gasteiger partial charge in [-0.2, -0.15) is 0 Å².